The Kier molecular flexibility index (Phi) is 4.31. The average molecular weight is 206 g/mol. The van der Waals surface area contributed by atoms with Crippen molar-refractivity contribution >= 4 is 5.91 Å². The molecule has 0 heterocycles. The number of nitrogens with zero attached hydrogens (tertiary/aromatic N) is 1. The van der Waals surface area contributed by atoms with E-state index in [-0.39, 0.29) is 5.91 Å². The van der Waals surface area contributed by atoms with Gasteiger partial charge in [0.2, 0.25) is 5.91 Å². The topological polar surface area (TPSA) is 46.3 Å². The molecule has 1 atom stereocenters. The van der Waals surface area contributed by atoms with Crippen molar-refractivity contribution in [2.24, 2.45) is 5.73 Å². The fourth-order valence-electron chi connectivity index (χ4n) is 1.39. The van der Waals surface area contributed by atoms with E-state index in [9.17, 15) is 4.79 Å². The molecule has 2 N–H and O–H groups in total. The van der Waals surface area contributed by atoms with Crippen LogP contribution in [0.5, 0.6) is 0 Å². The van der Waals surface area contributed by atoms with Gasteiger partial charge in [-0.25, -0.2) is 0 Å². The zero-order chi connectivity index (χ0) is 11.3. The van der Waals surface area contributed by atoms with Crippen LogP contribution in [0.3, 0.4) is 0 Å². The SMILES string of the molecule is CCN(C)C(=O)[C@@H](N)Cc1ccccc1. The molecule has 0 aromatic heterocycles. The largest absolute Gasteiger partial charge is 0.345 e. The summed E-state index contributed by atoms with van der Waals surface area (Å²) in [4.78, 5) is 13.3. The first kappa shape index (κ1) is 11.7. The van der Waals surface area contributed by atoms with Gasteiger partial charge in [-0.3, -0.25) is 4.79 Å². The van der Waals surface area contributed by atoms with E-state index in [1.807, 2.05) is 37.3 Å². The molecule has 0 aliphatic rings. The Hall–Kier alpha value is -1.35. The Morgan fingerprint density at radius 2 is 2.00 bits per heavy atom. The number of benzene rings is 1. The van der Waals surface area contributed by atoms with Crippen molar-refractivity contribution in [3.8, 4) is 0 Å². The molecule has 0 aliphatic carbocycles. The lowest BCUT2D eigenvalue weighted by Gasteiger charge is -2.19. The van der Waals surface area contributed by atoms with Gasteiger partial charge in [-0.05, 0) is 18.9 Å². The molecule has 0 fully saturated rings. The number of rotatable bonds is 4. The standard InChI is InChI=1S/C12H18N2O/c1-3-14(2)12(15)11(13)9-10-7-5-4-6-8-10/h4-8,11H,3,9,13H2,1-2H3/t11-/m0/s1. The minimum atomic E-state index is -0.433. The van der Waals surface area contributed by atoms with Crippen molar-refractivity contribution in [1.82, 2.24) is 4.90 Å². The van der Waals surface area contributed by atoms with Crippen LogP contribution in [-0.2, 0) is 11.2 Å². The first-order valence-electron chi connectivity index (χ1n) is 5.19. The Morgan fingerprint density at radius 3 is 2.53 bits per heavy atom. The summed E-state index contributed by atoms with van der Waals surface area (Å²) < 4.78 is 0. The highest BCUT2D eigenvalue weighted by atomic mass is 16.2. The second kappa shape index (κ2) is 5.51. The first-order chi connectivity index (χ1) is 7.15. The molecule has 0 radical (unpaired) electrons. The Morgan fingerprint density at radius 1 is 1.40 bits per heavy atom. The molecule has 3 nitrogen and oxygen atoms in total. The van der Waals surface area contributed by atoms with E-state index in [0.29, 0.717) is 13.0 Å². The second-order valence-corrected chi connectivity index (χ2v) is 3.65. The highest BCUT2D eigenvalue weighted by Gasteiger charge is 2.16. The minimum absolute atomic E-state index is 0.00125. The normalized spacial score (nSPS) is 12.2. The number of hydrogen-bond acceptors (Lipinski definition) is 2. The van der Waals surface area contributed by atoms with Gasteiger partial charge >= 0.3 is 0 Å². The number of amides is 1. The van der Waals surface area contributed by atoms with Crippen LogP contribution in [0.4, 0.5) is 0 Å². The molecule has 82 valence electrons. The van der Waals surface area contributed by atoms with Gasteiger partial charge in [-0.15, -0.1) is 0 Å². The lowest BCUT2D eigenvalue weighted by atomic mass is 10.1. The van der Waals surface area contributed by atoms with E-state index in [1.165, 1.54) is 0 Å². The van der Waals surface area contributed by atoms with Crippen molar-refractivity contribution < 1.29 is 4.79 Å². The van der Waals surface area contributed by atoms with Crippen molar-refractivity contribution in [2.75, 3.05) is 13.6 Å². The van der Waals surface area contributed by atoms with E-state index >= 15 is 0 Å². The van der Waals surface area contributed by atoms with Gasteiger partial charge in [0.15, 0.2) is 0 Å². The molecule has 1 aromatic rings. The smallest absolute Gasteiger partial charge is 0.239 e. The Labute approximate surface area is 90.9 Å². The Bertz CT molecular complexity index is 311. The summed E-state index contributed by atoms with van der Waals surface area (Å²) in [6.45, 7) is 2.63. The monoisotopic (exact) mass is 206 g/mol. The van der Waals surface area contributed by atoms with Gasteiger partial charge in [-0.2, -0.15) is 0 Å². The molecule has 1 aromatic carbocycles. The van der Waals surface area contributed by atoms with E-state index < -0.39 is 6.04 Å². The number of carbonyl (C=O) groups is 1. The summed E-state index contributed by atoms with van der Waals surface area (Å²) in [5.41, 5.74) is 6.93. The Balaban J connectivity index is 2.56. The maximum Gasteiger partial charge on any atom is 0.239 e. The third kappa shape index (κ3) is 3.36. The third-order valence-corrected chi connectivity index (χ3v) is 2.47. The highest BCUT2D eigenvalue weighted by Crippen LogP contribution is 2.03. The lowest BCUT2D eigenvalue weighted by Crippen LogP contribution is -2.42. The summed E-state index contributed by atoms with van der Waals surface area (Å²) in [6.07, 6.45) is 0.601. The van der Waals surface area contributed by atoms with Crippen molar-refractivity contribution in [2.45, 2.75) is 19.4 Å². The zero-order valence-corrected chi connectivity index (χ0v) is 9.31. The summed E-state index contributed by atoms with van der Waals surface area (Å²) in [5, 5.41) is 0. The molecular weight excluding hydrogens is 188 g/mol. The van der Waals surface area contributed by atoms with Crippen molar-refractivity contribution in [3.63, 3.8) is 0 Å². The third-order valence-electron chi connectivity index (χ3n) is 2.47. The van der Waals surface area contributed by atoms with Gasteiger partial charge in [0.1, 0.15) is 0 Å². The lowest BCUT2D eigenvalue weighted by molar-refractivity contribution is -0.131. The fraction of sp³-hybridized carbons (Fsp3) is 0.417. The van der Waals surface area contributed by atoms with Crippen molar-refractivity contribution in [3.05, 3.63) is 35.9 Å². The average Bonchev–Trinajstić information content (AvgIpc) is 2.28. The molecule has 1 amide bonds. The molecule has 0 saturated carbocycles. The van der Waals surface area contributed by atoms with E-state index in [0.717, 1.165) is 5.56 Å². The van der Waals surface area contributed by atoms with Gasteiger partial charge in [0.05, 0.1) is 6.04 Å². The van der Waals surface area contributed by atoms with Crippen LogP contribution in [0.25, 0.3) is 0 Å². The predicted molar refractivity (Wildman–Crippen MR) is 61.4 cm³/mol. The van der Waals surface area contributed by atoms with Gasteiger partial charge in [0, 0.05) is 13.6 Å². The molecule has 1 rings (SSSR count). The molecular formula is C12H18N2O. The summed E-state index contributed by atoms with van der Waals surface area (Å²) >= 11 is 0. The van der Waals surface area contributed by atoms with Crippen LogP contribution in [0.2, 0.25) is 0 Å². The van der Waals surface area contributed by atoms with E-state index in [4.69, 9.17) is 5.73 Å². The molecule has 15 heavy (non-hydrogen) atoms. The number of carbonyl (C=O) groups excluding carboxylic acids is 1. The van der Waals surface area contributed by atoms with Gasteiger partial charge in [0.25, 0.3) is 0 Å². The van der Waals surface area contributed by atoms with E-state index in [2.05, 4.69) is 0 Å². The summed E-state index contributed by atoms with van der Waals surface area (Å²) in [5.74, 6) is 0.00125. The molecule has 0 bridgehead atoms. The van der Waals surface area contributed by atoms with Gasteiger partial charge < -0.3 is 10.6 Å². The molecule has 0 aliphatic heterocycles. The molecule has 3 heteroatoms. The quantitative estimate of drug-likeness (QED) is 0.800. The van der Waals surface area contributed by atoms with Crippen LogP contribution in [0.15, 0.2) is 30.3 Å². The van der Waals surface area contributed by atoms with Crippen LogP contribution in [-0.4, -0.2) is 30.4 Å². The fourth-order valence-corrected chi connectivity index (χ4v) is 1.39. The minimum Gasteiger partial charge on any atom is -0.345 e. The maximum atomic E-state index is 11.7. The molecule has 0 saturated heterocycles. The zero-order valence-electron chi connectivity index (χ0n) is 9.31. The second-order valence-electron chi connectivity index (χ2n) is 3.65. The van der Waals surface area contributed by atoms with Crippen LogP contribution < -0.4 is 5.73 Å². The van der Waals surface area contributed by atoms with Crippen LogP contribution >= 0.6 is 0 Å². The maximum absolute atomic E-state index is 11.7. The molecule has 0 unspecified atom stereocenters. The van der Waals surface area contributed by atoms with Crippen LogP contribution in [0.1, 0.15) is 12.5 Å². The number of likely N-dealkylation sites (N-methyl/N-ethyl adjacent to an activating group) is 1. The first-order valence-corrected chi connectivity index (χ1v) is 5.19. The van der Waals surface area contributed by atoms with Crippen molar-refractivity contribution in [1.29, 1.82) is 0 Å². The summed E-state index contributed by atoms with van der Waals surface area (Å²) in [7, 11) is 1.77. The predicted octanol–water partition coefficient (Wildman–Crippen LogP) is 1.03. The van der Waals surface area contributed by atoms with Crippen LogP contribution in [0, 0.1) is 0 Å². The number of hydrogen-bond donors (Lipinski definition) is 1. The van der Waals surface area contributed by atoms with E-state index in [1.54, 1.807) is 11.9 Å². The summed E-state index contributed by atoms with van der Waals surface area (Å²) in [6, 6.07) is 9.40. The molecule has 0 spiro atoms. The van der Waals surface area contributed by atoms with Gasteiger partial charge in [-0.1, -0.05) is 30.3 Å². The number of nitrogens with two attached hydrogens (primary N) is 1. The highest BCUT2D eigenvalue weighted by molar-refractivity contribution is 5.81.